The molecule has 0 aromatic heterocycles. The first kappa shape index (κ1) is 17.2. The van der Waals surface area contributed by atoms with Gasteiger partial charge in [-0.25, -0.2) is 0 Å². The van der Waals surface area contributed by atoms with E-state index in [0.717, 1.165) is 12.1 Å². The van der Waals surface area contributed by atoms with E-state index in [1.807, 2.05) is 6.07 Å². The maximum absolute atomic E-state index is 13.0. The number of carbonyl (C=O) groups excluding carboxylic acids is 2. The highest BCUT2D eigenvalue weighted by Crippen LogP contribution is 2.43. The molecular weight excluding hydrogens is 364 g/mol. The molecular formula is C20H12N2O6. The number of hydrogen-bond donors (Lipinski definition) is 3. The standard InChI is InChI=1S/C20H12N2O6/c23-17-11-6-8-13(21-10-4-2-1-3-5-10)18(24)15(11)20(26)16-12(17)7-9-14(19(16)25)22(27)28/h1-9,21,24-25H. The summed E-state index contributed by atoms with van der Waals surface area (Å²) in [6, 6.07) is 13.8. The molecule has 8 heteroatoms. The van der Waals surface area contributed by atoms with Crippen molar-refractivity contribution in [2.75, 3.05) is 5.32 Å². The Morgan fingerprint density at radius 1 is 0.786 bits per heavy atom. The lowest BCUT2D eigenvalue weighted by Crippen LogP contribution is -2.21. The summed E-state index contributed by atoms with van der Waals surface area (Å²) in [5, 5.41) is 34.8. The number of nitrogens with zero attached hydrogens (tertiary/aromatic N) is 1. The number of rotatable bonds is 3. The minimum absolute atomic E-state index is 0.0399. The van der Waals surface area contributed by atoms with Crippen LogP contribution in [0.2, 0.25) is 0 Å². The highest BCUT2D eigenvalue weighted by atomic mass is 16.6. The number of nitro groups is 1. The molecule has 0 heterocycles. The number of ketones is 2. The third-order valence-corrected chi connectivity index (χ3v) is 4.53. The van der Waals surface area contributed by atoms with Gasteiger partial charge in [-0.15, -0.1) is 0 Å². The maximum atomic E-state index is 13.0. The molecule has 0 saturated carbocycles. The zero-order valence-electron chi connectivity index (χ0n) is 14.2. The second-order valence-corrected chi connectivity index (χ2v) is 6.15. The average Bonchev–Trinajstić information content (AvgIpc) is 2.68. The maximum Gasteiger partial charge on any atom is 0.311 e. The number of hydrogen-bond acceptors (Lipinski definition) is 7. The molecule has 1 aliphatic rings. The quantitative estimate of drug-likeness (QED) is 0.283. The molecule has 0 saturated heterocycles. The number of para-hydroxylation sites is 1. The van der Waals surface area contributed by atoms with Crippen molar-refractivity contribution in [1.29, 1.82) is 0 Å². The summed E-state index contributed by atoms with van der Waals surface area (Å²) in [5.74, 6) is -2.85. The van der Waals surface area contributed by atoms with Gasteiger partial charge in [-0.1, -0.05) is 18.2 Å². The summed E-state index contributed by atoms with van der Waals surface area (Å²) < 4.78 is 0. The Morgan fingerprint density at radius 3 is 2.04 bits per heavy atom. The van der Waals surface area contributed by atoms with Crippen molar-refractivity contribution < 1.29 is 24.7 Å². The van der Waals surface area contributed by atoms with Crippen molar-refractivity contribution >= 4 is 28.6 Å². The van der Waals surface area contributed by atoms with Crippen molar-refractivity contribution in [2.24, 2.45) is 0 Å². The van der Waals surface area contributed by atoms with Gasteiger partial charge in [-0.2, -0.15) is 0 Å². The van der Waals surface area contributed by atoms with Gasteiger partial charge in [0.2, 0.25) is 11.5 Å². The van der Waals surface area contributed by atoms with Gasteiger partial charge in [0.1, 0.15) is 0 Å². The van der Waals surface area contributed by atoms with Crippen LogP contribution in [0, 0.1) is 10.1 Å². The monoisotopic (exact) mass is 376 g/mol. The van der Waals surface area contributed by atoms with Gasteiger partial charge in [-0.3, -0.25) is 19.7 Å². The Kier molecular flexibility index (Phi) is 3.82. The van der Waals surface area contributed by atoms with Crippen LogP contribution in [0.5, 0.6) is 11.5 Å². The van der Waals surface area contributed by atoms with Crippen LogP contribution in [0.1, 0.15) is 31.8 Å². The fourth-order valence-electron chi connectivity index (χ4n) is 3.20. The molecule has 1 aliphatic carbocycles. The largest absolute Gasteiger partial charge is 0.505 e. The molecule has 8 nitrogen and oxygen atoms in total. The van der Waals surface area contributed by atoms with E-state index in [0.29, 0.717) is 5.69 Å². The molecule has 0 unspecified atom stereocenters. The van der Waals surface area contributed by atoms with Crippen molar-refractivity contribution in [3.63, 3.8) is 0 Å². The van der Waals surface area contributed by atoms with Crippen LogP contribution in [0.4, 0.5) is 17.1 Å². The van der Waals surface area contributed by atoms with E-state index in [9.17, 15) is 29.9 Å². The molecule has 0 amide bonds. The summed E-state index contributed by atoms with van der Waals surface area (Å²) in [5.41, 5.74) is -0.856. The minimum atomic E-state index is -0.896. The number of nitrogens with one attached hydrogen (secondary N) is 1. The Hall–Kier alpha value is -4.20. The fraction of sp³-hybridized carbons (Fsp3) is 0. The van der Waals surface area contributed by atoms with Crippen LogP contribution in [-0.2, 0) is 0 Å². The van der Waals surface area contributed by atoms with Crippen LogP contribution in [0.3, 0.4) is 0 Å². The number of phenolic OH excluding ortho intramolecular Hbond substituents is 2. The lowest BCUT2D eigenvalue weighted by atomic mass is 9.82. The first-order chi connectivity index (χ1) is 13.4. The molecule has 3 aromatic rings. The predicted molar refractivity (Wildman–Crippen MR) is 99.5 cm³/mol. The van der Waals surface area contributed by atoms with E-state index in [1.54, 1.807) is 24.3 Å². The second kappa shape index (κ2) is 6.20. The third kappa shape index (κ3) is 2.47. The van der Waals surface area contributed by atoms with Gasteiger partial charge < -0.3 is 15.5 Å². The smallest absolute Gasteiger partial charge is 0.311 e. The van der Waals surface area contributed by atoms with E-state index in [1.165, 1.54) is 12.1 Å². The summed E-state index contributed by atoms with van der Waals surface area (Å²) >= 11 is 0. The molecule has 3 aromatic carbocycles. The number of phenols is 2. The molecule has 0 radical (unpaired) electrons. The number of aromatic hydroxyl groups is 2. The molecule has 0 spiro atoms. The summed E-state index contributed by atoms with van der Waals surface area (Å²) in [7, 11) is 0. The first-order valence-corrected chi connectivity index (χ1v) is 8.18. The van der Waals surface area contributed by atoms with Crippen LogP contribution < -0.4 is 5.32 Å². The van der Waals surface area contributed by atoms with E-state index in [4.69, 9.17) is 0 Å². The zero-order chi connectivity index (χ0) is 20.0. The SMILES string of the molecule is O=C1c2ccc(Nc3ccccc3)c(O)c2C(=O)c2c1ccc([N+](=O)[O-])c2O. The molecule has 138 valence electrons. The van der Waals surface area contributed by atoms with E-state index in [2.05, 4.69) is 5.32 Å². The second-order valence-electron chi connectivity index (χ2n) is 6.15. The summed E-state index contributed by atoms with van der Waals surface area (Å²) in [6.45, 7) is 0. The summed E-state index contributed by atoms with van der Waals surface area (Å²) in [6.07, 6.45) is 0. The number of carbonyl (C=O) groups is 2. The van der Waals surface area contributed by atoms with E-state index < -0.39 is 39.2 Å². The molecule has 4 rings (SSSR count). The molecule has 0 bridgehead atoms. The van der Waals surface area contributed by atoms with Crippen molar-refractivity contribution in [3.05, 3.63) is 87.0 Å². The van der Waals surface area contributed by atoms with Crippen LogP contribution >= 0.6 is 0 Å². The molecule has 0 fully saturated rings. The van der Waals surface area contributed by atoms with Gasteiger partial charge >= 0.3 is 5.69 Å². The fourth-order valence-corrected chi connectivity index (χ4v) is 3.20. The molecule has 0 atom stereocenters. The predicted octanol–water partition coefficient (Wildman–Crippen LogP) is 3.53. The molecule has 28 heavy (non-hydrogen) atoms. The number of fused-ring (bicyclic) bond motifs is 2. The highest BCUT2D eigenvalue weighted by molar-refractivity contribution is 6.31. The lowest BCUT2D eigenvalue weighted by Gasteiger charge is -2.20. The Labute approximate surface area is 157 Å². The molecule has 3 N–H and O–H groups in total. The number of anilines is 2. The van der Waals surface area contributed by atoms with Gasteiger partial charge in [-0.05, 0) is 30.3 Å². The first-order valence-electron chi connectivity index (χ1n) is 8.18. The topological polar surface area (TPSA) is 130 Å². The van der Waals surface area contributed by atoms with Crippen LogP contribution in [0.15, 0.2) is 54.6 Å². The Bertz CT molecular complexity index is 1170. The van der Waals surface area contributed by atoms with Crippen molar-refractivity contribution in [2.45, 2.75) is 0 Å². The molecule has 0 aliphatic heterocycles. The normalized spacial score (nSPS) is 12.3. The number of benzene rings is 3. The lowest BCUT2D eigenvalue weighted by molar-refractivity contribution is -0.385. The minimum Gasteiger partial charge on any atom is -0.505 e. The number of nitro benzene ring substituents is 1. The van der Waals surface area contributed by atoms with Gasteiger partial charge in [0.25, 0.3) is 0 Å². The van der Waals surface area contributed by atoms with E-state index >= 15 is 0 Å². The third-order valence-electron chi connectivity index (χ3n) is 4.53. The van der Waals surface area contributed by atoms with Crippen molar-refractivity contribution in [1.82, 2.24) is 0 Å². The Morgan fingerprint density at radius 2 is 1.39 bits per heavy atom. The van der Waals surface area contributed by atoms with Crippen LogP contribution in [0.25, 0.3) is 0 Å². The zero-order valence-corrected chi connectivity index (χ0v) is 14.2. The Balaban J connectivity index is 1.88. The highest BCUT2D eigenvalue weighted by Gasteiger charge is 2.37. The van der Waals surface area contributed by atoms with E-state index in [-0.39, 0.29) is 22.4 Å². The summed E-state index contributed by atoms with van der Waals surface area (Å²) in [4.78, 5) is 35.9. The van der Waals surface area contributed by atoms with Gasteiger partial charge in [0.15, 0.2) is 11.5 Å². The van der Waals surface area contributed by atoms with Crippen molar-refractivity contribution in [3.8, 4) is 11.5 Å². The van der Waals surface area contributed by atoms with Crippen LogP contribution in [-0.4, -0.2) is 26.7 Å². The van der Waals surface area contributed by atoms with Gasteiger partial charge in [0, 0.05) is 22.9 Å². The average molecular weight is 376 g/mol. The van der Waals surface area contributed by atoms with Gasteiger partial charge in [0.05, 0.1) is 21.7 Å².